The van der Waals surface area contributed by atoms with E-state index < -0.39 is 6.10 Å². The van der Waals surface area contributed by atoms with Gasteiger partial charge in [0, 0.05) is 27.8 Å². The topological polar surface area (TPSA) is 46.0 Å². The zero-order valence-electron chi connectivity index (χ0n) is 9.99. The lowest BCUT2D eigenvalue weighted by molar-refractivity contribution is 0.216. The Hall–Kier alpha value is -1.78. The third-order valence-corrected chi connectivity index (χ3v) is 3.46. The molecular weight excluding hydrogens is 304 g/mol. The van der Waals surface area contributed by atoms with Crippen molar-refractivity contribution in [2.45, 2.75) is 6.10 Å². The molecule has 0 bridgehead atoms. The van der Waals surface area contributed by atoms with Crippen LogP contribution in [0.25, 0.3) is 10.9 Å². The molecule has 0 spiro atoms. The maximum atomic E-state index is 10.5. The molecule has 0 saturated heterocycles. The minimum absolute atomic E-state index is 0.612. The molecule has 0 radical (unpaired) electrons. The van der Waals surface area contributed by atoms with Crippen LogP contribution in [0.3, 0.4) is 0 Å². The molecule has 3 aromatic rings. The van der Waals surface area contributed by atoms with Crippen LogP contribution in [0.1, 0.15) is 17.4 Å². The summed E-state index contributed by atoms with van der Waals surface area (Å²) in [7, 11) is 0. The average molecular weight is 315 g/mol. The summed E-state index contributed by atoms with van der Waals surface area (Å²) in [6.07, 6.45) is 2.64. The number of benzene rings is 1. The van der Waals surface area contributed by atoms with Gasteiger partial charge < -0.3 is 5.11 Å². The number of aliphatic hydroxyl groups excluding tert-OH is 1. The van der Waals surface area contributed by atoms with Crippen LogP contribution in [-0.4, -0.2) is 15.1 Å². The molecule has 0 saturated carbocycles. The van der Waals surface area contributed by atoms with Gasteiger partial charge >= 0.3 is 0 Å². The average Bonchev–Trinajstić information content (AvgIpc) is 2.47. The maximum absolute atomic E-state index is 10.5. The van der Waals surface area contributed by atoms with E-state index in [2.05, 4.69) is 25.9 Å². The SMILES string of the molecule is OC(c1ccc(Br)cn1)c1cccc2cccnc12. The summed E-state index contributed by atoms with van der Waals surface area (Å²) >= 11 is 3.33. The summed E-state index contributed by atoms with van der Waals surface area (Å²) < 4.78 is 0.888. The largest absolute Gasteiger partial charge is 0.382 e. The predicted molar refractivity (Wildman–Crippen MR) is 77.7 cm³/mol. The van der Waals surface area contributed by atoms with Crippen molar-refractivity contribution >= 4 is 26.8 Å². The molecule has 0 fully saturated rings. The number of pyridine rings is 2. The van der Waals surface area contributed by atoms with Gasteiger partial charge in [0.25, 0.3) is 0 Å². The van der Waals surface area contributed by atoms with Crippen LogP contribution in [0.5, 0.6) is 0 Å². The van der Waals surface area contributed by atoms with Gasteiger partial charge in [0.1, 0.15) is 6.10 Å². The fraction of sp³-hybridized carbons (Fsp3) is 0.0667. The number of para-hydroxylation sites is 1. The lowest BCUT2D eigenvalue weighted by Gasteiger charge is -2.12. The van der Waals surface area contributed by atoms with Gasteiger partial charge in [-0.3, -0.25) is 9.97 Å². The van der Waals surface area contributed by atoms with E-state index in [1.165, 1.54) is 0 Å². The highest BCUT2D eigenvalue weighted by Gasteiger charge is 2.15. The molecule has 19 heavy (non-hydrogen) atoms. The molecule has 0 aliphatic rings. The second-order valence-electron chi connectivity index (χ2n) is 4.23. The van der Waals surface area contributed by atoms with Gasteiger partial charge in [-0.2, -0.15) is 0 Å². The van der Waals surface area contributed by atoms with E-state index in [0.29, 0.717) is 5.69 Å². The van der Waals surface area contributed by atoms with Gasteiger partial charge in [-0.1, -0.05) is 24.3 Å². The second-order valence-corrected chi connectivity index (χ2v) is 5.14. The van der Waals surface area contributed by atoms with Crippen molar-refractivity contribution in [3.05, 3.63) is 70.6 Å². The third kappa shape index (κ3) is 2.37. The zero-order valence-corrected chi connectivity index (χ0v) is 11.6. The molecule has 2 heterocycles. The van der Waals surface area contributed by atoms with E-state index in [1.807, 2.05) is 36.4 Å². The predicted octanol–water partition coefficient (Wildman–Crippen LogP) is 3.47. The number of aromatic nitrogens is 2. The first-order chi connectivity index (χ1) is 9.25. The fourth-order valence-corrected chi connectivity index (χ4v) is 2.29. The smallest absolute Gasteiger partial charge is 0.123 e. The Morgan fingerprint density at radius 1 is 1.00 bits per heavy atom. The number of nitrogens with zero attached hydrogens (tertiary/aromatic N) is 2. The minimum Gasteiger partial charge on any atom is -0.382 e. The Bertz CT molecular complexity index is 707. The molecule has 1 aromatic carbocycles. The lowest BCUT2D eigenvalue weighted by atomic mass is 10.0. The highest BCUT2D eigenvalue weighted by molar-refractivity contribution is 9.10. The normalized spacial score (nSPS) is 12.5. The fourth-order valence-electron chi connectivity index (χ4n) is 2.06. The van der Waals surface area contributed by atoms with Crippen molar-refractivity contribution in [3.63, 3.8) is 0 Å². The van der Waals surface area contributed by atoms with Crippen molar-refractivity contribution in [2.75, 3.05) is 0 Å². The minimum atomic E-state index is -0.772. The Morgan fingerprint density at radius 3 is 2.63 bits per heavy atom. The van der Waals surface area contributed by atoms with Crippen molar-refractivity contribution in [2.24, 2.45) is 0 Å². The van der Waals surface area contributed by atoms with Crippen LogP contribution in [0.4, 0.5) is 0 Å². The molecule has 3 nitrogen and oxygen atoms in total. The molecule has 2 aromatic heterocycles. The number of hydrogen-bond acceptors (Lipinski definition) is 3. The van der Waals surface area contributed by atoms with E-state index >= 15 is 0 Å². The molecule has 94 valence electrons. The molecule has 1 unspecified atom stereocenters. The summed E-state index contributed by atoms with van der Waals surface area (Å²) in [6, 6.07) is 13.3. The lowest BCUT2D eigenvalue weighted by Crippen LogP contribution is -2.03. The van der Waals surface area contributed by atoms with Crippen LogP contribution in [0.2, 0.25) is 0 Å². The van der Waals surface area contributed by atoms with E-state index in [-0.39, 0.29) is 0 Å². The molecule has 1 N–H and O–H groups in total. The number of halogens is 1. The molecule has 4 heteroatoms. The van der Waals surface area contributed by atoms with Crippen LogP contribution in [-0.2, 0) is 0 Å². The molecule has 0 aliphatic heterocycles. The monoisotopic (exact) mass is 314 g/mol. The van der Waals surface area contributed by atoms with Gasteiger partial charge in [0.15, 0.2) is 0 Å². The van der Waals surface area contributed by atoms with Crippen LogP contribution >= 0.6 is 15.9 Å². The summed E-state index contributed by atoms with van der Waals surface area (Å²) in [5.74, 6) is 0. The Balaban J connectivity index is 2.11. The summed E-state index contributed by atoms with van der Waals surface area (Å²) in [4.78, 5) is 8.58. The van der Waals surface area contributed by atoms with E-state index in [1.54, 1.807) is 18.5 Å². The Labute approximate surface area is 119 Å². The molecule has 0 amide bonds. The van der Waals surface area contributed by atoms with Crippen molar-refractivity contribution in [1.82, 2.24) is 9.97 Å². The van der Waals surface area contributed by atoms with E-state index in [9.17, 15) is 5.11 Å². The van der Waals surface area contributed by atoms with Gasteiger partial charge in [0.2, 0.25) is 0 Å². The van der Waals surface area contributed by atoms with Crippen molar-refractivity contribution in [3.8, 4) is 0 Å². The van der Waals surface area contributed by atoms with Gasteiger partial charge in [-0.15, -0.1) is 0 Å². The van der Waals surface area contributed by atoms with E-state index in [0.717, 1.165) is 20.9 Å². The number of hydrogen-bond donors (Lipinski definition) is 1. The highest BCUT2D eigenvalue weighted by Crippen LogP contribution is 2.26. The molecule has 0 aliphatic carbocycles. The summed E-state index contributed by atoms with van der Waals surface area (Å²) in [5.41, 5.74) is 2.19. The zero-order chi connectivity index (χ0) is 13.2. The summed E-state index contributed by atoms with van der Waals surface area (Å²) in [5, 5.41) is 11.5. The maximum Gasteiger partial charge on any atom is 0.123 e. The number of aliphatic hydroxyl groups is 1. The second kappa shape index (κ2) is 5.07. The van der Waals surface area contributed by atoms with Gasteiger partial charge in [-0.05, 0) is 34.1 Å². The third-order valence-electron chi connectivity index (χ3n) is 2.99. The summed E-state index contributed by atoms with van der Waals surface area (Å²) in [6.45, 7) is 0. The Morgan fingerprint density at radius 2 is 1.84 bits per heavy atom. The standard InChI is InChI=1S/C15H11BrN2O/c16-11-6-7-13(18-9-11)15(19)12-5-1-3-10-4-2-8-17-14(10)12/h1-9,15,19H. The van der Waals surface area contributed by atoms with Gasteiger partial charge in [-0.25, -0.2) is 0 Å². The first-order valence-corrected chi connectivity index (χ1v) is 6.68. The molecular formula is C15H11BrN2O. The van der Waals surface area contributed by atoms with Crippen LogP contribution < -0.4 is 0 Å². The van der Waals surface area contributed by atoms with E-state index in [4.69, 9.17) is 0 Å². The first kappa shape index (κ1) is 12.3. The quantitative estimate of drug-likeness (QED) is 0.787. The first-order valence-electron chi connectivity index (χ1n) is 5.89. The van der Waals surface area contributed by atoms with Crippen molar-refractivity contribution < 1.29 is 5.11 Å². The number of rotatable bonds is 2. The Kier molecular flexibility index (Phi) is 3.27. The van der Waals surface area contributed by atoms with Crippen LogP contribution in [0, 0.1) is 0 Å². The highest BCUT2D eigenvalue weighted by atomic mass is 79.9. The molecule has 3 rings (SSSR count). The number of fused-ring (bicyclic) bond motifs is 1. The van der Waals surface area contributed by atoms with Crippen LogP contribution in [0.15, 0.2) is 59.3 Å². The van der Waals surface area contributed by atoms with Gasteiger partial charge in [0.05, 0.1) is 11.2 Å². The molecule has 1 atom stereocenters. The van der Waals surface area contributed by atoms with Crippen molar-refractivity contribution in [1.29, 1.82) is 0 Å².